The second kappa shape index (κ2) is 7.57. The number of nitrogens with one attached hydrogen (secondary N) is 1. The van der Waals surface area contributed by atoms with E-state index in [1.165, 1.54) is 0 Å². The van der Waals surface area contributed by atoms with E-state index >= 15 is 0 Å². The quantitative estimate of drug-likeness (QED) is 0.732. The smallest absolute Gasteiger partial charge is 0.181 e. The van der Waals surface area contributed by atoms with Crippen molar-refractivity contribution in [1.29, 1.82) is 0 Å². The Morgan fingerprint density at radius 1 is 1.43 bits per heavy atom. The van der Waals surface area contributed by atoms with E-state index in [1.54, 1.807) is 11.8 Å². The summed E-state index contributed by atoms with van der Waals surface area (Å²) in [6.45, 7) is 6.13. The number of aromatic nitrogens is 7. The third kappa shape index (κ3) is 3.89. The fraction of sp³-hybridized carbons (Fsp3) is 0.769. The van der Waals surface area contributed by atoms with Crippen LogP contribution in [-0.2, 0) is 29.0 Å². The lowest BCUT2D eigenvalue weighted by atomic mass is 10.2. The Kier molecular flexibility index (Phi) is 5.26. The van der Waals surface area contributed by atoms with Crippen LogP contribution in [0.1, 0.15) is 30.5 Å². The third-order valence-electron chi connectivity index (χ3n) is 3.77. The number of rotatable bonds is 7. The maximum absolute atomic E-state index is 5.85. The highest BCUT2D eigenvalue weighted by molar-refractivity contribution is 4.94. The Balaban J connectivity index is 1.62. The summed E-state index contributed by atoms with van der Waals surface area (Å²) in [5.41, 5.74) is 0. The van der Waals surface area contributed by atoms with Crippen molar-refractivity contribution in [1.82, 2.24) is 40.3 Å². The Morgan fingerprint density at radius 2 is 2.35 bits per heavy atom. The molecule has 3 rings (SSSR count). The summed E-state index contributed by atoms with van der Waals surface area (Å²) in [5, 5.41) is 19.0. The molecule has 23 heavy (non-hydrogen) atoms. The molecule has 0 bridgehead atoms. The monoisotopic (exact) mass is 322 g/mol. The van der Waals surface area contributed by atoms with Crippen LogP contribution in [0, 0.1) is 0 Å². The summed E-state index contributed by atoms with van der Waals surface area (Å²) in [5.74, 6) is 2.45. The minimum absolute atomic E-state index is 0.149. The molecule has 1 unspecified atom stereocenters. The Labute approximate surface area is 134 Å². The standard InChI is InChI=1S/C13H22N8O2/c1-3-11-14-12(16-15-11)9-20-4-7-23-10(8-20)13-17-18-19-21(13)5-6-22-2/h10H,3-9H2,1-2H3,(H,14,15,16). The van der Waals surface area contributed by atoms with E-state index in [9.17, 15) is 0 Å². The highest BCUT2D eigenvalue weighted by atomic mass is 16.5. The van der Waals surface area contributed by atoms with Crippen molar-refractivity contribution in [2.75, 3.05) is 33.4 Å². The van der Waals surface area contributed by atoms with Crippen LogP contribution in [0.5, 0.6) is 0 Å². The van der Waals surface area contributed by atoms with Crippen molar-refractivity contribution in [2.45, 2.75) is 32.5 Å². The molecule has 1 fully saturated rings. The van der Waals surface area contributed by atoms with E-state index in [0.717, 1.165) is 37.0 Å². The summed E-state index contributed by atoms with van der Waals surface area (Å²) < 4.78 is 12.7. The van der Waals surface area contributed by atoms with Gasteiger partial charge in [-0.1, -0.05) is 6.92 Å². The molecule has 0 amide bonds. The molecule has 126 valence electrons. The zero-order valence-electron chi connectivity index (χ0n) is 13.5. The van der Waals surface area contributed by atoms with Crippen molar-refractivity contribution in [3.8, 4) is 0 Å². The molecule has 1 aliphatic rings. The van der Waals surface area contributed by atoms with E-state index in [0.29, 0.717) is 26.3 Å². The lowest BCUT2D eigenvalue weighted by Gasteiger charge is -2.31. The van der Waals surface area contributed by atoms with Gasteiger partial charge in [-0.05, 0) is 10.4 Å². The normalized spacial score (nSPS) is 19.3. The zero-order chi connectivity index (χ0) is 16.1. The summed E-state index contributed by atoms with van der Waals surface area (Å²) in [7, 11) is 1.66. The Hall–Kier alpha value is -1.91. The molecule has 1 aliphatic heterocycles. The summed E-state index contributed by atoms with van der Waals surface area (Å²) in [6, 6.07) is 0. The molecule has 2 aromatic rings. The van der Waals surface area contributed by atoms with Gasteiger partial charge in [-0.3, -0.25) is 10.00 Å². The van der Waals surface area contributed by atoms with Gasteiger partial charge in [0.1, 0.15) is 17.8 Å². The number of hydrogen-bond acceptors (Lipinski definition) is 8. The molecule has 1 N–H and O–H groups in total. The van der Waals surface area contributed by atoms with Crippen molar-refractivity contribution >= 4 is 0 Å². The Bertz CT molecular complexity index is 613. The number of aromatic amines is 1. The minimum Gasteiger partial charge on any atom is -0.383 e. The summed E-state index contributed by atoms with van der Waals surface area (Å²) in [6.07, 6.45) is 0.681. The fourth-order valence-corrected chi connectivity index (χ4v) is 2.56. The fourth-order valence-electron chi connectivity index (χ4n) is 2.56. The van der Waals surface area contributed by atoms with Crippen molar-refractivity contribution in [3.05, 3.63) is 17.5 Å². The molecule has 10 heteroatoms. The molecular formula is C13H22N8O2. The van der Waals surface area contributed by atoms with Crippen LogP contribution in [0.25, 0.3) is 0 Å². The molecular weight excluding hydrogens is 300 g/mol. The predicted molar refractivity (Wildman–Crippen MR) is 79.4 cm³/mol. The second-order valence-corrected chi connectivity index (χ2v) is 5.40. The number of aryl methyl sites for hydroxylation is 1. The number of morpholine rings is 1. The molecule has 2 aromatic heterocycles. The van der Waals surface area contributed by atoms with Gasteiger partial charge in [-0.25, -0.2) is 9.67 Å². The Morgan fingerprint density at radius 3 is 3.13 bits per heavy atom. The molecule has 0 saturated carbocycles. The van der Waals surface area contributed by atoms with E-state index < -0.39 is 0 Å². The summed E-state index contributed by atoms with van der Waals surface area (Å²) >= 11 is 0. The minimum atomic E-state index is -0.149. The van der Waals surface area contributed by atoms with Gasteiger partial charge in [0.15, 0.2) is 5.82 Å². The van der Waals surface area contributed by atoms with E-state index in [-0.39, 0.29) is 6.10 Å². The highest BCUT2D eigenvalue weighted by Gasteiger charge is 2.27. The lowest BCUT2D eigenvalue weighted by molar-refractivity contribution is -0.0403. The van der Waals surface area contributed by atoms with Gasteiger partial charge < -0.3 is 9.47 Å². The van der Waals surface area contributed by atoms with Gasteiger partial charge in [0.2, 0.25) is 0 Å². The van der Waals surface area contributed by atoms with Crippen molar-refractivity contribution in [3.63, 3.8) is 0 Å². The van der Waals surface area contributed by atoms with E-state index in [2.05, 4.69) is 35.6 Å². The predicted octanol–water partition coefficient (Wildman–Crippen LogP) is -0.426. The molecule has 10 nitrogen and oxygen atoms in total. The van der Waals surface area contributed by atoms with E-state index in [1.807, 2.05) is 6.92 Å². The van der Waals surface area contributed by atoms with Gasteiger partial charge in [0.25, 0.3) is 0 Å². The first-order valence-electron chi connectivity index (χ1n) is 7.79. The number of ether oxygens (including phenoxy) is 2. The van der Waals surface area contributed by atoms with Gasteiger partial charge in [-0.15, -0.1) is 5.10 Å². The topological polar surface area (TPSA) is 107 Å². The van der Waals surface area contributed by atoms with Crippen LogP contribution in [0.3, 0.4) is 0 Å². The van der Waals surface area contributed by atoms with Crippen LogP contribution in [0.2, 0.25) is 0 Å². The number of methoxy groups -OCH3 is 1. The first-order valence-corrected chi connectivity index (χ1v) is 7.79. The average molecular weight is 322 g/mol. The first-order chi connectivity index (χ1) is 11.3. The third-order valence-corrected chi connectivity index (χ3v) is 3.77. The average Bonchev–Trinajstić information content (AvgIpc) is 3.22. The number of tetrazole rings is 1. The number of H-pyrrole nitrogens is 1. The van der Waals surface area contributed by atoms with Gasteiger partial charge in [0.05, 0.1) is 26.3 Å². The SMILES string of the molecule is CCc1n[nH]c(CN2CCOC(c3nnnn3CCOC)C2)n1. The molecule has 3 heterocycles. The highest BCUT2D eigenvalue weighted by Crippen LogP contribution is 2.20. The molecule has 0 spiro atoms. The van der Waals surface area contributed by atoms with Crippen molar-refractivity contribution in [2.24, 2.45) is 0 Å². The molecule has 1 atom stereocenters. The maximum Gasteiger partial charge on any atom is 0.181 e. The maximum atomic E-state index is 5.85. The second-order valence-electron chi connectivity index (χ2n) is 5.40. The van der Waals surface area contributed by atoms with Crippen LogP contribution in [0.4, 0.5) is 0 Å². The van der Waals surface area contributed by atoms with Gasteiger partial charge >= 0.3 is 0 Å². The van der Waals surface area contributed by atoms with Crippen LogP contribution >= 0.6 is 0 Å². The van der Waals surface area contributed by atoms with Crippen LogP contribution < -0.4 is 0 Å². The molecule has 0 radical (unpaired) electrons. The molecule has 0 aromatic carbocycles. The van der Waals surface area contributed by atoms with Gasteiger partial charge in [-0.2, -0.15) is 5.10 Å². The van der Waals surface area contributed by atoms with E-state index in [4.69, 9.17) is 9.47 Å². The zero-order valence-corrected chi connectivity index (χ0v) is 13.5. The largest absolute Gasteiger partial charge is 0.383 e. The molecule has 1 saturated heterocycles. The van der Waals surface area contributed by atoms with Crippen molar-refractivity contribution < 1.29 is 9.47 Å². The number of hydrogen-bond donors (Lipinski definition) is 1. The van der Waals surface area contributed by atoms with Crippen LogP contribution in [-0.4, -0.2) is 73.7 Å². The number of nitrogens with zero attached hydrogens (tertiary/aromatic N) is 7. The first kappa shape index (κ1) is 16.0. The molecule has 0 aliphatic carbocycles. The lowest BCUT2D eigenvalue weighted by Crippen LogP contribution is -2.39. The summed E-state index contributed by atoms with van der Waals surface area (Å²) in [4.78, 5) is 6.72. The van der Waals surface area contributed by atoms with Gasteiger partial charge in [0, 0.05) is 26.6 Å². The van der Waals surface area contributed by atoms with Crippen LogP contribution in [0.15, 0.2) is 0 Å².